The van der Waals surface area contributed by atoms with Gasteiger partial charge in [0.2, 0.25) is 0 Å². The number of amides is 1. The van der Waals surface area contributed by atoms with Gasteiger partial charge in [0.15, 0.2) is 18.1 Å². The number of carbonyl (C=O) groups excluding carboxylic acids is 1. The van der Waals surface area contributed by atoms with Crippen molar-refractivity contribution < 1.29 is 14.3 Å². The van der Waals surface area contributed by atoms with E-state index in [4.69, 9.17) is 9.47 Å². The SMILES string of the molecule is COc1ccccc1OCC(=O)N1CCC[C@@H]1c1nc2ccccc2[nH]1. The van der Waals surface area contributed by atoms with E-state index in [-0.39, 0.29) is 18.6 Å². The third-order valence-corrected chi connectivity index (χ3v) is 4.72. The van der Waals surface area contributed by atoms with Crippen LogP contribution in [0.15, 0.2) is 48.5 Å². The minimum Gasteiger partial charge on any atom is -0.493 e. The number of rotatable bonds is 5. The summed E-state index contributed by atoms with van der Waals surface area (Å²) < 4.78 is 11.0. The summed E-state index contributed by atoms with van der Waals surface area (Å²) in [5.74, 6) is 1.99. The van der Waals surface area contributed by atoms with Gasteiger partial charge < -0.3 is 19.4 Å². The maximum Gasteiger partial charge on any atom is 0.261 e. The number of methoxy groups -OCH3 is 1. The number of nitrogens with zero attached hydrogens (tertiary/aromatic N) is 2. The molecule has 0 bridgehead atoms. The largest absolute Gasteiger partial charge is 0.493 e. The predicted octanol–water partition coefficient (Wildman–Crippen LogP) is 3.31. The zero-order valence-corrected chi connectivity index (χ0v) is 14.6. The third kappa shape index (κ3) is 3.10. The van der Waals surface area contributed by atoms with E-state index in [2.05, 4.69) is 9.97 Å². The van der Waals surface area contributed by atoms with E-state index in [0.29, 0.717) is 11.5 Å². The van der Waals surface area contributed by atoms with Gasteiger partial charge in [-0.15, -0.1) is 0 Å². The summed E-state index contributed by atoms with van der Waals surface area (Å²) in [6.45, 7) is 0.701. The van der Waals surface area contributed by atoms with Gasteiger partial charge in [-0.25, -0.2) is 4.98 Å². The number of nitrogens with one attached hydrogen (secondary N) is 1. The second kappa shape index (κ2) is 7.07. The van der Waals surface area contributed by atoms with Gasteiger partial charge in [0.25, 0.3) is 5.91 Å². The summed E-state index contributed by atoms with van der Waals surface area (Å²) in [5.41, 5.74) is 1.92. The van der Waals surface area contributed by atoms with Crippen LogP contribution in [0.1, 0.15) is 24.7 Å². The molecule has 3 aromatic rings. The quantitative estimate of drug-likeness (QED) is 0.766. The highest BCUT2D eigenvalue weighted by Gasteiger charge is 2.32. The maximum absolute atomic E-state index is 12.7. The molecule has 1 aromatic heterocycles. The first-order valence-electron chi connectivity index (χ1n) is 8.76. The Morgan fingerprint density at radius 3 is 2.77 bits per heavy atom. The van der Waals surface area contributed by atoms with Crippen LogP contribution in [0.3, 0.4) is 0 Å². The number of imidazole rings is 1. The molecule has 1 fully saturated rings. The number of benzene rings is 2. The maximum atomic E-state index is 12.7. The number of carbonyl (C=O) groups is 1. The van der Waals surface area contributed by atoms with Crippen LogP contribution in [0.4, 0.5) is 0 Å². The molecular weight excluding hydrogens is 330 g/mol. The Kier molecular flexibility index (Phi) is 4.48. The Morgan fingerprint density at radius 1 is 1.19 bits per heavy atom. The minimum atomic E-state index is -0.0427. The lowest BCUT2D eigenvalue weighted by molar-refractivity contribution is -0.134. The van der Waals surface area contributed by atoms with E-state index in [0.717, 1.165) is 36.2 Å². The molecule has 0 radical (unpaired) electrons. The standard InChI is InChI=1S/C20H21N3O3/c1-25-17-10-4-5-11-18(17)26-13-19(24)23-12-6-9-16(23)20-21-14-7-2-3-8-15(14)22-20/h2-5,7-8,10-11,16H,6,9,12-13H2,1H3,(H,21,22)/t16-/m1/s1. The molecule has 1 atom stereocenters. The zero-order chi connectivity index (χ0) is 17.9. The Hall–Kier alpha value is -3.02. The molecule has 6 nitrogen and oxygen atoms in total. The molecular formula is C20H21N3O3. The van der Waals surface area contributed by atoms with Crippen LogP contribution in [0, 0.1) is 0 Å². The van der Waals surface area contributed by atoms with Crippen molar-refractivity contribution in [3.63, 3.8) is 0 Å². The van der Waals surface area contributed by atoms with Crippen molar-refractivity contribution in [1.29, 1.82) is 0 Å². The monoisotopic (exact) mass is 351 g/mol. The summed E-state index contributed by atoms with van der Waals surface area (Å²) >= 11 is 0. The van der Waals surface area contributed by atoms with Crippen molar-refractivity contribution in [2.75, 3.05) is 20.3 Å². The number of para-hydroxylation sites is 4. The molecule has 1 amide bonds. The van der Waals surface area contributed by atoms with E-state index in [1.807, 2.05) is 47.4 Å². The topological polar surface area (TPSA) is 67.5 Å². The second-order valence-electron chi connectivity index (χ2n) is 6.32. The van der Waals surface area contributed by atoms with Gasteiger partial charge in [-0.1, -0.05) is 24.3 Å². The molecule has 0 aliphatic carbocycles. The van der Waals surface area contributed by atoms with Gasteiger partial charge in [0, 0.05) is 6.54 Å². The number of aromatic nitrogens is 2. The Balaban J connectivity index is 1.48. The lowest BCUT2D eigenvalue weighted by atomic mass is 10.2. The zero-order valence-electron chi connectivity index (χ0n) is 14.6. The summed E-state index contributed by atoms with van der Waals surface area (Å²) in [4.78, 5) is 22.6. The van der Waals surface area contributed by atoms with E-state index in [1.165, 1.54) is 0 Å². The first kappa shape index (κ1) is 16.4. The van der Waals surface area contributed by atoms with Gasteiger partial charge in [0.05, 0.1) is 24.2 Å². The molecule has 6 heteroatoms. The molecule has 0 saturated carbocycles. The van der Waals surface area contributed by atoms with Crippen LogP contribution >= 0.6 is 0 Å². The molecule has 0 spiro atoms. The average Bonchev–Trinajstić information content (AvgIpc) is 3.32. The van der Waals surface area contributed by atoms with E-state index in [9.17, 15) is 4.79 Å². The van der Waals surface area contributed by atoms with Gasteiger partial charge in [-0.05, 0) is 37.1 Å². The van der Waals surface area contributed by atoms with Crippen molar-refractivity contribution >= 4 is 16.9 Å². The molecule has 134 valence electrons. The first-order valence-corrected chi connectivity index (χ1v) is 8.76. The highest BCUT2D eigenvalue weighted by molar-refractivity contribution is 5.79. The van der Waals surface area contributed by atoms with Crippen LogP contribution < -0.4 is 9.47 Å². The predicted molar refractivity (Wildman–Crippen MR) is 98.3 cm³/mol. The highest BCUT2D eigenvalue weighted by Crippen LogP contribution is 2.32. The molecule has 2 heterocycles. The molecule has 1 aliphatic rings. The number of aromatic amines is 1. The average molecular weight is 351 g/mol. The highest BCUT2D eigenvalue weighted by atomic mass is 16.5. The second-order valence-corrected chi connectivity index (χ2v) is 6.32. The minimum absolute atomic E-state index is 0.0168. The van der Waals surface area contributed by atoms with E-state index in [1.54, 1.807) is 13.2 Å². The lowest BCUT2D eigenvalue weighted by Gasteiger charge is -2.23. The number of ether oxygens (including phenoxy) is 2. The van der Waals surface area contributed by atoms with Crippen LogP contribution in [-0.4, -0.2) is 41.0 Å². The van der Waals surface area contributed by atoms with Crippen molar-refractivity contribution in [3.8, 4) is 11.5 Å². The Morgan fingerprint density at radius 2 is 1.96 bits per heavy atom. The molecule has 26 heavy (non-hydrogen) atoms. The Labute approximate surface area is 151 Å². The molecule has 2 aromatic carbocycles. The van der Waals surface area contributed by atoms with Gasteiger partial charge >= 0.3 is 0 Å². The van der Waals surface area contributed by atoms with Crippen LogP contribution in [0.2, 0.25) is 0 Å². The fraction of sp³-hybridized carbons (Fsp3) is 0.300. The molecule has 1 aliphatic heterocycles. The number of likely N-dealkylation sites (tertiary alicyclic amines) is 1. The number of hydrogen-bond acceptors (Lipinski definition) is 4. The number of H-pyrrole nitrogens is 1. The third-order valence-electron chi connectivity index (χ3n) is 4.72. The summed E-state index contributed by atoms with van der Waals surface area (Å²) in [6, 6.07) is 15.2. The van der Waals surface area contributed by atoms with Crippen molar-refractivity contribution in [2.24, 2.45) is 0 Å². The van der Waals surface area contributed by atoms with Crippen LogP contribution in [0.5, 0.6) is 11.5 Å². The van der Waals surface area contributed by atoms with Crippen LogP contribution in [-0.2, 0) is 4.79 Å². The fourth-order valence-corrected chi connectivity index (χ4v) is 3.44. The molecule has 4 rings (SSSR count). The van der Waals surface area contributed by atoms with Gasteiger partial charge in [-0.3, -0.25) is 4.79 Å². The summed E-state index contributed by atoms with van der Waals surface area (Å²) in [6.07, 6.45) is 1.86. The normalized spacial score (nSPS) is 16.8. The molecule has 0 unspecified atom stereocenters. The smallest absolute Gasteiger partial charge is 0.261 e. The Bertz CT molecular complexity index is 888. The fourth-order valence-electron chi connectivity index (χ4n) is 3.44. The van der Waals surface area contributed by atoms with Gasteiger partial charge in [-0.2, -0.15) is 0 Å². The van der Waals surface area contributed by atoms with Crippen molar-refractivity contribution in [3.05, 3.63) is 54.4 Å². The summed E-state index contributed by atoms with van der Waals surface area (Å²) in [7, 11) is 1.59. The van der Waals surface area contributed by atoms with Crippen molar-refractivity contribution in [1.82, 2.24) is 14.9 Å². The number of hydrogen-bond donors (Lipinski definition) is 1. The first-order chi connectivity index (χ1) is 12.8. The number of fused-ring (bicyclic) bond motifs is 1. The van der Waals surface area contributed by atoms with E-state index < -0.39 is 0 Å². The molecule has 1 saturated heterocycles. The van der Waals surface area contributed by atoms with Crippen molar-refractivity contribution in [2.45, 2.75) is 18.9 Å². The lowest BCUT2D eigenvalue weighted by Crippen LogP contribution is -2.34. The summed E-state index contributed by atoms with van der Waals surface area (Å²) in [5, 5.41) is 0. The van der Waals surface area contributed by atoms with E-state index >= 15 is 0 Å². The van der Waals surface area contributed by atoms with Gasteiger partial charge in [0.1, 0.15) is 5.82 Å². The molecule has 1 N–H and O–H groups in total. The van der Waals surface area contributed by atoms with Crippen LogP contribution in [0.25, 0.3) is 11.0 Å².